The first-order valence-corrected chi connectivity index (χ1v) is 13.3. The van der Waals surface area contributed by atoms with Crippen molar-refractivity contribution in [2.45, 2.75) is 65.3 Å². The average Bonchev–Trinajstić information content (AvgIpc) is 3.17. The van der Waals surface area contributed by atoms with Crippen molar-refractivity contribution in [3.8, 4) is 5.75 Å². The van der Waals surface area contributed by atoms with Crippen LogP contribution in [0.4, 0.5) is 5.69 Å². The standard InChI is InChI=1S/C26H33BrN4O2S/c1-16(2)14-31-25(19(6)33-22-10-7-20(8-11-22)17(3)4)29-30-26(31)34-15-24(32)28-21-9-12-23(27)18(5)13-21/h7-13,16-17,19H,14-15H2,1-6H3,(H,28,32). The minimum atomic E-state index is -0.273. The topological polar surface area (TPSA) is 69.0 Å². The van der Waals surface area contributed by atoms with Crippen LogP contribution in [-0.2, 0) is 11.3 Å². The molecule has 1 N–H and O–H groups in total. The molecule has 0 aliphatic rings. The summed E-state index contributed by atoms with van der Waals surface area (Å²) in [6, 6.07) is 13.9. The lowest BCUT2D eigenvalue weighted by Crippen LogP contribution is -2.17. The van der Waals surface area contributed by atoms with E-state index in [1.54, 1.807) is 0 Å². The van der Waals surface area contributed by atoms with Crippen molar-refractivity contribution in [3.05, 3.63) is 63.9 Å². The Morgan fingerprint density at radius 1 is 1.09 bits per heavy atom. The molecule has 182 valence electrons. The van der Waals surface area contributed by atoms with E-state index >= 15 is 0 Å². The fourth-order valence-electron chi connectivity index (χ4n) is 3.48. The molecule has 8 heteroatoms. The van der Waals surface area contributed by atoms with Crippen molar-refractivity contribution in [1.82, 2.24) is 14.8 Å². The van der Waals surface area contributed by atoms with E-state index in [1.165, 1.54) is 17.3 Å². The van der Waals surface area contributed by atoms with E-state index in [4.69, 9.17) is 4.74 Å². The van der Waals surface area contributed by atoms with Crippen molar-refractivity contribution in [3.63, 3.8) is 0 Å². The lowest BCUT2D eigenvalue weighted by molar-refractivity contribution is -0.113. The third kappa shape index (κ3) is 7.09. The normalized spacial score (nSPS) is 12.3. The van der Waals surface area contributed by atoms with Gasteiger partial charge in [-0.2, -0.15) is 0 Å². The molecule has 34 heavy (non-hydrogen) atoms. The second kappa shape index (κ2) is 11.9. The molecule has 1 amide bonds. The highest BCUT2D eigenvalue weighted by molar-refractivity contribution is 9.10. The van der Waals surface area contributed by atoms with Gasteiger partial charge in [0.25, 0.3) is 0 Å². The molecule has 0 aliphatic heterocycles. The van der Waals surface area contributed by atoms with Crippen LogP contribution in [0.15, 0.2) is 52.1 Å². The van der Waals surface area contributed by atoms with Gasteiger partial charge in [-0.3, -0.25) is 4.79 Å². The van der Waals surface area contributed by atoms with Gasteiger partial charge in [0.05, 0.1) is 5.75 Å². The first kappa shape index (κ1) is 26.3. The number of anilines is 1. The Morgan fingerprint density at radius 2 is 1.79 bits per heavy atom. The van der Waals surface area contributed by atoms with E-state index in [-0.39, 0.29) is 17.8 Å². The highest BCUT2D eigenvalue weighted by Gasteiger charge is 2.21. The number of thioether (sulfide) groups is 1. The van der Waals surface area contributed by atoms with E-state index in [9.17, 15) is 4.79 Å². The van der Waals surface area contributed by atoms with Crippen LogP contribution < -0.4 is 10.1 Å². The van der Waals surface area contributed by atoms with Crippen LogP contribution in [0.5, 0.6) is 5.75 Å². The summed E-state index contributed by atoms with van der Waals surface area (Å²) in [5, 5.41) is 12.5. The summed E-state index contributed by atoms with van der Waals surface area (Å²) in [4.78, 5) is 12.5. The van der Waals surface area contributed by atoms with E-state index in [0.717, 1.165) is 39.0 Å². The van der Waals surface area contributed by atoms with Gasteiger partial charge in [-0.25, -0.2) is 0 Å². The van der Waals surface area contributed by atoms with E-state index in [1.807, 2.05) is 44.2 Å². The Hall–Kier alpha value is -2.32. The number of nitrogens with zero attached hydrogens (tertiary/aromatic N) is 3. The fraction of sp³-hybridized carbons (Fsp3) is 0.423. The maximum Gasteiger partial charge on any atom is 0.234 e. The summed E-state index contributed by atoms with van der Waals surface area (Å²) >= 11 is 4.87. The molecule has 0 aliphatic carbocycles. The molecule has 2 aromatic carbocycles. The van der Waals surface area contributed by atoms with Gasteiger partial charge >= 0.3 is 0 Å². The molecule has 1 unspecified atom stereocenters. The molecular formula is C26H33BrN4O2S. The minimum Gasteiger partial charge on any atom is -0.483 e. The molecule has 6 nitrogen and oxygen atoms in total. The predicted molar refractivity (Wildman–Crippen MR) is 143 cm³/mol. The molecule has 0 radical (unpaired) electrons. The summed E-state index contributed by atoms with van der Waals surface area (Å²) in [6.45, 7) is 13.4. The molecule has 0 saturated carbocycles. The molecule has 1 aromatic heterocycles. The quantitative estimate of drug-likeness (QED) is 0.278. The SMILES string of the molecule is Cc1cc(NC(=O)CSc2nnc(C(C)Oc3ccc(C(C)C)cc3)n2CC(C)C)ccc1Br. The van der Waals surface area contributed by atoms with Gasteiger partial charge in [-0.05, 0) is 67.1 Å². The maximum absolute atomic E-state index is 12.5. The first-order valence-electron chi connectivity index (χ1n) is 11.5. The van der Waals surface area contributed by atoms with Crippen molar-refractivity contribution >= 4 is 39.3 Å². The number of hydrogen-bond donors (Lipinski definition) is 1. The lowest BCUT2D eigenvalue weighted by atomic mass is 10.0. The van der Waals surface area contributed by atoms with Gasteiger partial charge in [-0.1, -0.05) is 67.5 Å². The van der Waals surface area contributed by atoms with E-state index < -0.39 is 0 Å². The number of amides is 1. The van der Waals surface area contributed by atoms with Gasteiger partial charge < -0.3 is 14.6 Å². The largest absolute Gasteiger partial charge is 0.483 e. The third-order valence-corrected chi connectivity index (χ3v) is 7.15. The lowest BCUT2D eigenvalue weighted by Gasteiger charge is -2.18. The minimum absolute atomic E-state index is 0.0816. The van der Waals surface area contributed by atoms with Crippen LogP contribution >= 0.6 is 27.7 Å². The molecule has 0 spiro atoms. The number of aromatic nitrogens is 3. The zero-order valence-corrected chi connectivity index (χ0v) is 23.0. The number of hydrogen-bond acceptors (Lipinski definition) is 5. The average molecular weight is 546 g/mol. The van der Waals surface area contributed by atoms with Crippen LogP contribution in [0.25, 0.3) is 0 Å². The monoisotopic (exact) mass is 544 g/mol. The van der Waals surface area contributed by atoms with Crippen molar-refractivity contribution < 1.29 is 9.53 Å². The predicted octanol–water partition coefficient (Wildman–Crippen LogP) is 7.00. The number of ether oxygens (including phenoxy) is 1. The number of carbonyl (C=O) groups is 1. The highest BCUT2D eigenvalue weighted by Crippen LogP contribution is 2.27. The van der Waals surface area contributed by atoms with Gasteiger partial charge in [0.2, 0.25) is 5.91 Å². The number of nitrogens with one attached hydrogen (secondary N) is 1. The summed E-state index contributed by atoms with van der Waals surface area (Å²) in [6.07, 6.45) is -0.273. The molecule has 1 atom stereocenters. The Bertz CT molecular complexity index is 1110. The summed E-state index contributed by atoms with van der Waals surface area (Å²) in [5.41, 5.74) is 3.12. The van der Waals surface area contributed by atoms with Crippen LogP contribution in [-0.4, -0.2) is 26.4 Å². The number of rotatable bonds is 10. The molecule has 0 fully saturated rings. The molecule has 3 aromatic rings. The van der Waals surface area contributed by atoms with Crippen molar-refractivity contribution in [2.24, 2.45) is 5.92 Å². The summed E-state index contributed by atoms with van der Waals surface area (Å²) in [7, 11) is 0. The van der Waals surface area contributed by atoms with Gasteiger partial charge in [-0.15, -0.1) is 10.2 Å². The Balaban J connectivity index is 1.68. The molecule has 3 rings (SSSR count). The van der Waals surface area contributed by atoms with Crippen LogP contribution in [0, 0.1) is 12.8 Å². The van der Waals surface area contributed by atoms with Crippen LogP contribution in [0.2, 0.25) is 0 Å². The Labute approximate surface area is 215 Å². The number of aryl methyl sites for hydroxylation is 1. The molecular weight excluding hydrogens is 512 g/mol. The maximum atomic E-state index is 12.5. The van der Waals surface area contributed by atoms with E-state index in [0.29, 0.717) is 11.8 Å². The number of benzene rings is 2. The Kier molecular flexibility index (Phi) is 9.19. The second-order valence-electron chi connectivity index (χ2n) is 9.13. The second-order valence-corrected chi connectivity index (χ2v) is 10.9. The number of halogens is 1. The fourth-order valence-corrected chi connectivity index (χ4v) is 4.48. The summed E-state index contributed by atoms with van der Waals surface area (Å²) in [5.74, 6) is 2.60. The highest BCUT2D eigenvalue weighted by atomic mass is 79.9. The van der Waals surface area contributed by atoms with Crippen molar-refractivity contribution in [1.29, 1.82) is 0 Å². The molecule has 0 bridgehead atoms. The molecule has 1 heterocycles. The van der Waals surface area contributed by atoms with Crippen LogP contribution in [0.3, 0.4) is 0 Å². The van der Waals surface area contributed by atoms with Gasteiger partial charge in [0.1, 0.15) is 5.75 Å². The summed E-state index contributed by atoms with van der Waals surface area (Å²) < 4.78 is 9.26. The molecule has 0 saturated heterocycles. The Morgan fingerprint density at radius 3 is 2.41 bits per heavy atom. The third-order valence-electron chi connectivity index (χ3n) is 5.29. The van der Waals surface area contributed by atoms with Gasteiger partial charge in [0, 0.05) is 16.7 Å². The first-order chi connectivity index (χ1) is 16.1. The smallest absolute Gasteiger partial charge is 0.234 e. The zero-order valence-electron chi connectivity index (χ0n) is 20.6. The van der Waals surface area contributed by atoms with Crippen molar-refractivity contribution in [2.75, 3.05) is 11.1 Å². The number of carbonyl (C=O) groups excluding carboxylic acids is 1. The zero-order chi connectivity index (χ0) is 24.8. The van der Waals surface area contributed by atoms with E-state index in [2.05, 4.69) is 75.8 Å². The van der Waals surface area contributed by atoms with Gasteiger partial charge in [0.15, 0.2) is 17.1 Å². The van der Waals surface area contributed by atoms with Crippen LogP contribution in [0.1, 0.15) is 63.6 Å².